The fourth-order valence-electron chi connectivity index (χ4n) is 7.63. The predicted octanol–water partition coefficient (Wildman–Crippen LogP) is 7.66. The van der Waals surface area contributed by atoms with Crippen LogP contribution in [0.2, 0.25) is 0 Å². The minimum atomic E-state index is -0.593. The summed E-state index contributed by atoms with van der Waals surface area (Å²) in [4.78, 5) is 0. The number of fused-ring (bicyclic) bond motifs is 1. The highest BCUT2D eigenvalue weighted by Crippen LogP contribution is 2.60. The van der Waals surface area contributed by atoms with Gasteiger partial charge in [-0.05, 0) is 126 Å². The largest absolute Gasteiger partial charge is 0.390 e. The number of allylic oxidation sites excluding steroid dienone is 3. The summed E-state index contributed by atoms with van der Waals surface area (Å²) in [7, 11) is 0. The molecule has 3 heteroatoms. The van der Waals surface area contributed by atoms with Crippen LogP contribution < -0.4 is 0 Å². The van der Waals surface area contributed by atoms with E-state index in [0.717, 1.165) is 56.4 Å². The second-order valence-electron chi connectivity index (χ2n) is 13.6. The van der Waals surface area contributed by atoms with Crippen molar-refractivity contribution in [3.05, 3.63) is 35.5 Å². The van der Waals surface area contributed by atoms with Gasteiger partial charge in [-0.3, -0.25) is 0 Å². The van der Waals surface area contributed by atoms with Crippen molar-refractivity contribution in [3.63, 3.8) is 0 Å². The van der Waals surface area contributed by atoms with Gasteiger partial charge >= 0.3 is 0 Å². The molecule has 0 aromatic carbocycles. The maximum absolute atomic E-state index is 10.3. The summed E-state index contributed by atoms with van der Waals surface area (Å²) in [5.74, 6) is 2.05. The molecule has 200 valence electrons. The third-order valence-corrected chi connectivity index (χ3v) is 9.57. The van der Waals surface area contributed by atoms with E-state index in [-0.39, 0.29) is 6.10 Å². The summed E-state index contributed by atoms with van der Waals surface area (Å²) in [6.07, 6.45) is 19.9. The SMILES string of the molecule is C=C1/C(=C\C=C2/CCCC3(C)C2CCC3C(CCCC(C)(C)O)CCCC(C)(C)O)CCCC1O. The molecule has 3 aliphatic carbocycles. The molecule has 0 amide bonds. The van der Waals surface area contributed by atoms with Crippen molar-refractivity contribution in [1.82, 2.24) is 0 Å². The summed E-state index contributed by atoms with van der Waals surface area (Å²) in [6.45, 7) is 14.4. The molecular weight excluding hydrogens is 432 g/mol. The summed E-state index contributed by atoms with van der Waals surface area (Å²) < 4.78 is 0. The zero-order valence-electron chi connectivity index (χ0n) is 23.4. The van der Waals surface area contributed by atoms with Gasteiger partial charge in [0.15, 0.2) is 0 Å². The Morgan fingerprint density at radius 3 is 2.17 bits per heavy atom. The van der Waals surface area contributed by atoms with Gasteiger partial charge in [-0.25, -0.2) is 0 Å². The quantitative estimate of drug-likeness (QED) is 0.297. The summed E-state index contributed by atoms with van der Waals surface area (Å²) in [5, 5.41) is 30.8. The summed E-state index contributed by atoms with van der Waals surface area (Å²) in [5.41, 5.74) is 2.95. The first-order valence-corrected chi connectivity index (χ1v) is 14.5. The Morgan fingerprint density at radius 2 is 1.57 bits per heavy atom. The highest BCUT2D eigenvalue weighted by Gasteiger charge is 2.51. The van der Waals surface area contributed by atoms with Crippen LogP contribution in [0, 0.1) is 23.2 Å². The Kier molecular flexibility index (Phi) is 9.54. The lowest BCUT2D eigenvalue weighted by atomic mass is 9.60. The van der Waals surface area contributed by atoms with E-state index in [1.807, 2.05) is 27.7 Å². The van der Waals surface area contributed by atoms with Gasteiger partial charge in [0.25, 0.3) is 0 Å². The number of aliphatic hydroxyl groups is 3. The van der Waals surface area contributed by atoms with E-state index in [9.17, 15) is 15.3 Å². The standard InChI is InChI=1S/C32H54O3/c1-23-24(11-7-15-29(23)33)16-17-26-14-10-22-32(6)27(18-19-28(26)32)25(12-8-20-30(2,3)34)13-9-21-31(4,5)35/h16-17,25,27-29,33-35H,1,7-15,18-22H2,2-6H3/b24-16-,26-17+. The minimum Gasteiger partial charge on any atom is -0.390 e. The molecule has 0 aliphatic heterocycles. The maximum Gasteiger partial charge on any atom is 0.0787 e. The smallest absolute Gasteiger partial charge is 0.0787 e. The molecule has 3 aliphatic rings. The molecule has 4 unspecified atom stereocenters. The second-order valence-corrected chi connectivity index (χ2v) is 13.6. The molecule has 3 fully saturated rings. The maximum atomic E-state index is 10.3. The van der Waals surface area contributed by atoms with E-state index in [1.165, 1.54) is 50.5 Å². The fourth-order valence-corrected chi connectivity index (χ4v) is 7.63. The van der Waals surface area contributed by atoms with Crippen molar-refractivity contribution >= 4 is 0 Å². The zero-order chi connectivity index (χ0) is 25.9. The van der Waals surface area contributed by atoms with E-state index in [4.69, 9.17) is 0 Å². The van der Waals surface area contributed by atoms with Crippen LogP contribution in [0.15, 0.2) is 35.5 Å². The molecular formula is C32H54O3. The molecule has 0 saturated heterocycles. The molecule has 3 rings (SSSR count). The van der Waals surface area contributed by atoms with Gasteiger partial charge < -0.3 is 15.3 Å². The van der Waals surface area contributed by atoms with Gasteiger partial charge in [0.05, 0.1) is 17.3 Å². The molecule has 0 radical (unpaired) electrons. The van der Waals surface area contributed by atoms with Crippen LogP contribution in [-0.2, 0) is 0 Å². The first-order valence-electron chi connectivity index (χ1n) is 14.5. The summed E-state index contributed by atoms with van der Waals surface area (Å²) in [6, 6.07) is 0. The topological polar surface area (TPSA) is 60.7 Å². The van der Waals surface area contributed by atoms with Crippen LogP contribution in [-0.4, -0.2) is 32.6 Å². The molecule has 3 saturated carbocycles. The molecule has 0 spiro atoms. The Morgan fingerprint density at radius 1 is 0.943 bits per heavy atom. The zero-order valence-corrected chi connectivity index (χ0v) is 23.4. The van der Waals surface area contributed by atoms with Crippen LogP contribution in [0.3, 0.4) is 0 Å². The van der Waals surface area contributed by atoms with E-state index >= 15 is 0 Å². The second kappa shape index (κ2) is 11.7. The lowest BCUT2D eigenvalue weighted by Crippen LogP contribution is -2.37. The van der Waals surface area contributed by atoms with E-state index in [1.54, 1.807) is 5.57 Å². The van der Waals surface area contributed by atoms with Crippen LogP contribution in [0.4, 0.5) is 0 Å². The Labute approximate surface area is 215 Å². The van der Waals surface area contributed by atoms with Crippen molar-refractivity contribution in [3.8, 4) is 0 Å². The van der Waals surface area contributed by atoms with Crippen molar-refractivity contribution in [2.45, 2.75) is 142 Å². The van der Waals surface area contributed by atoms with Crippen LogP contribution in [0.5, 0.6) is 0 Å². The van der Waals surface area contributed by atoms with Gasteiger partial charge in [0.2, 0.25) is 0 Å². The first-order chi connectivity index (χ1) is 16.3. The van der Waals surface area contributed by atoms with Gasteiger partial charge in [0.1, 0.15) is 0 Å². The van der Waals surface area contributed by atoms with Crippen LogP contribution in [0.1, 0.15) is 125 Å². The lowest BCUT2D eigenvalue weighted by Gasteiger charge is -2.45. The van der Waals surface area contributed by atoms with Crippen molar-refractivity contribution in [1.29, 1.82) is 0 Å². The lowest BCUT2D eigenvalue weighted by molar-refractivity contribution is 0.0480. The molecule has 4 atom stereocenters. The fraction of sp³-hybridized carbons (Fsp3) is 0.812. The Bertz CT molecular complexity index is 758. The highest BCUT2D eigenvalue weighted by molar-refractivity contribution is 5.37. The third kappa shape index (κ3) is 7.79. The average molecular weight is 487 g/mol. The average Bonchev–Trinajstić information content (AvgIpc) is 3.09. The van der Waals surface area contributed by atoms with E-state index in [0.29, 0.717) is 17.3 Å². The number of rotatable bonds is 10. The Hall–Kier alpha value is -0.900. The first kappa shape index (κ1) is 28.7. The van der Waals surface area contributed by atoms with E-state index < -0.39 is 11.2 Å². The van der Waals surface area contributed by atoms with Crippen LogP contribution >= 0.6 is 0 Å². The number of hydrogen-bond donors (Lipinski definition) is 3. The molecule has 0 bridgehead atoms. The molecule has 3 N–H and O–H groups in total. The molecule has 0 aromatic rings. The van der Waals surface area contributed by atoms with Gasteiger partial charge in [-0.1, -0.05) is 56.9 Å². The number of hydrogen-bond acceptors (Lipinski definition) is 3. The van der Waals surface area contributed by atoms with Crippen LogP contribution in [0.25, 0.3) is 0 Å². The molecule has 3 nitrogen and oxygen atoms in total. The van der Waals surface area contributed by atoms with Crippen molar-refractivity contribution in [2.24, 2.45) is 23.2 Å². The summed E-state index contributed by atoms with van der Waals surface area (Å²) >= 11 is 0. The van der Waals surface area contributed by atoms with E-state index in [2.05, 4.69) is 25.7 Å². The number of aliphatic hydroxyl groups excluding tert-OH is 1. The third-order valence-electron chi connectivity index (χ3n) is 9.57. The van der Waals surface area contributed by atoms with Gasteiger partial charge in [-0.2, -0.15) is 0 Å². The van der Waals surface area contributed by atoms with Crippen molar-refractivity contribution < 1.29 is 15.3 Å². The molecule has 0 aromatic heterocycles. The molecule has 0 heterocycles. The highest BCUT2D eigenvalue weighted by atomic mass is 16.3. The van der Waals surface area contributed by atoms with Gasteiger partial charge in [-0.15, -0.1) is 0 Å². The predicted molar refractivity (Wildman–Crippen MR) is 147 cm³/mol. The van der Waals surface area contributed by atoms with Gasteiger partial charge in [0, 0.05) is 0 Å². The monoisotopic (exact) mass is 486 g/mol. The molecule has 35 heavy (non-hydrogen) atoms. The normalized spacial score (nSPS) is 32.6. The van der Waals surface area contributed by atoms with Crippen molar-refractivity contribution in [2.75, 3.05) is 0 Å². The minimum absolute atomic E-state index is 0.347. The Balaban J connectivity index is 1.75.